The van der Waals surface area contributed by atoms with Crippen LogP contribution in [0.2, 0.25) is 5.15 Å². The number of hydrogen-bond acceptors (Lipinski definition) is 2. The third kappa shape index (κ3) is 1.53. The maximum atomic E-state index is 13.1. The van der Waals surface area contributed by atoms with Crippen molar-refractivity contribution in [1.82, 2.24) is 9.78 Å². The summed E-state index contributed by atoms with van der Waals surface area (Å²) in [5.74, 6) is -2.62. The van der Waals surface area contributed by atoms with E-state index in [1.807, 2.05) is 0 Å². The largest absolute Gasteiger partial charge is 0.330 e. The second-order valence-electron chi connectivity index (χ2n) is 4.57. The minimum atomic E-state index is -2.62. The van der Waals surface area contributed by atoms with Crippen LogP contribution in [0.15, 0.2) is 0 Å². The number of aromatic nitrogens is 2. The number of hydrogen-bond donors (Lipinski definition) is 1. The number of nitrogens with two attached hydrogens (primary N) is 1. The Morgan fingerprint density at radius 1 is 1.50 bits per heavy atom. The zero-order chi connectivity index (χ0) is 12.1. The summed E-state index contributed by atoms with van der Waals surface area (Å²) in [4.78, 5) is 0. The molecule has 0 bridgehead atoms. The molecule has 16 heavy (non-hydrogen) atoms. The van der Waals surface area contributed by atoms with Gasteiger partial charge in [0.1, 0.15) is 5.15 Å². The molecule has 90 valence electrons. The highest BCUT2D eigenvalue weighted by atomic mass is 35.5. The average molecular weight is 250 g/mol. The van der Waals surface area contributed by atoms with Crippen LogP contribution >= 0.6 is 11.6 Å². The summed E-state index contributed by atoms with van der Waals surface area (Å²) in [5, 5.41) is 4.55. The Kier molecular flexibility index (Phi) is 2.51. The smallest absolute Gasteiger partial charge is 0.250 e. The van der Waals surface area contributed by atoms with Gasteiger partial charge in [-0.05, 0) is 6.92 Å². The molecule has 0 spiro atoms. The van der Waals surface area contributed by atoms with E-state index in [1.165, 1.54) is 4.68 Å². The van der Waals surface area contributed by atoms with E-state index < -0.39 is 11.3 Å². The Hall–Kier alpha value is -0.680. The molecule has 0 radical (unpaired) electrons. The number of alkyl halides is 2. The van der Waals surface area contributed by atoms with Gasteiger partial charge in [-0.15, -0.1) is 0 Å². The molecule has 1 aliphatic carbocycles. The molecule has 0 atom stereocenters. The normalized spacial score (nSPS) is 21.9. The van der Waals surface area contributed by atoms with Crippen molar-refractivity contribution in [2.75, 3.05) is 6.54 Å². The average Bonchev–Trinajstić information content (AvgIpc) is 2.37. The van der Waals surface area contributed by atoms with E-state index >= 15 is 0 Å². The highest BCUT2D eigenvalue weighted by molar-refractivity contribution is 6.30. The first-order valence-corrected chi connectivity index (χ1v) is 5.47. The summed E-state index contributed by atoms with van der Waals surface area (Å²) < 4.78 is 27.6. The minimum Gasteiger partial charge on any atom is -0.330 e. The highest BCUT2D eigenvalue weighted by Crippen LogP contribution is 2.54. The van der Waals surface area contributed by atoms with Gasteiger partial charge in [0.05, 0.1) is 5.69 Å². The van der Waals surface area contributed by atoms with E-state index in [1.54, 1.807) is 14.0 Å². The van der Waals surface area contributed by atoms with Crippen LogP contribution in [-0.4, -0.2) is 22.2 Å². The number of nitrogens with zero attached hydrogens (tertiary/aromatic N) is 2. The molecule has 1 heterocycles. The van der Waals surface area contributed by atoms with Gasteiger partial charge in [0.25, 0.3) is 0 Å². The van der Waals surface area contributed by atoms with E-state index in [4.69, 9.17) is 17.3 Å². The highest BCUT2D eigenvalue weighted by Gasteiger charge is 2.58. The maximum Gasteiger partial charge on any atom is 0.250 e. The lowest BCUT2D eigenvalue weighted by molar-refractivity contribution is -0.123. The van der Waals surface area contributed by atoms with Crippen LogP contribution < -0.4 is 5.73 Å². The zero-order valence-corrected chi connectivity index (χ0v) is 9.98. The van der Waals surface area contributed by atoms with Gasteiger partial charge in [-0.2, -0.15) is 5.10 Å². The van der Waals surface area contributed by atoms with Crippen molar-refractivity contribution >= 4 is 11.6 Å². The second-order valence-corrected chi connectivity index (χ2v) is 4.93. The Morgan fingerprint density at radius 2 is 2.06 bits per heavy atom. The van der Waals surface area contributed by atoms with Crippen molar-refractivity contribution in [2.24, 2.45) is 12.8 Å². The molecule has 1 aliphatic rings. The van der Waals surface area contributed by atoms with Gasteiger partial charge in [-0.3, -0.25) is 4.68 Å². The van der Waals surface area contributed by atoms with Crippen LogP contribution in [0.25, 0.3) is 0 Å². The quantitative estimate of drug-likeness (QED) is 0.871. The zero-order valence-electron chi connectivity index (χ0n) is 9.23. The molecule has 0 aromatic carbocycles. The summed E-state index contributed by atoms with van der Waals surface area (Å²) >= 11 is 6.08. The van der Waals surface area contributed by atoms with E-state index in [2.05, 4.69) is 5.10 Å². The third-order valence-corrected chi connectivity index (χ3v) is 3.70. The molecule has 1 fully saturated rings. The van der Waals surface area contributed by atoms with Crippen molar-refractivity contribution in [3.05, 3.63) is 16.4 Å². The molecule has 2 N–H and O–H groups in total. The van der Waals surface area contributed by atoms with Crippen molar-refractivity contribution in [3.63, 3.8) is 0 Å². The topological polar surface area (TPSA) is 43.8 Å². The molecule has 6 heteroatoms. The third-order valence-electron chi connectivity index (χ3n) is 3.27. The first-order valence-electron chi connectivity index (χ1n) is 5.09. The van der Waals surface area contributed by atoms with Crippen LogP contribution in [0.5, 0.6) is 0 Å². The molecular weight excluding hydrogens is 236 g/mol. The molecule has 1 aromatic rings. The van der Waals surface area contributed by atoms with Gasteiger partial charge in [-0.1, -0.05) is 11.6 Å². The Bertz CT molecular complexity index is 420. The van der Waals surface area contributed by atoms with E-state index in [9.17, 15) is 8.78 Å². The number of rotatable bonds is 2. The molecule has 0 saturated heterocycles. The fourth-order valence-corrected chi connectivity index (χ4v) is 2.97. The lowest BCUT2D eigenvalue weighted by atomic mass is 9.62. The van der Waals surface area contributed by atoms with Crippen LogP contribution in [0, 0.1) is 6.92 Å². The first-order chi connectivity index (χ1) is 7.31. The summed E-state index contributed by atoms with van der Waals surface area (Å²) in [7, 11) is 1.69. The minimum absolute atomic E-state index is 0.175. The molecule has 1 aromatic heterocycles. The van der Waals surface area contributed by atoms with Gasteiger partial charge in [0, 0.05) is 37.4 Å². The van der Waals surface area contributed by atoms with E-state index in [-0.39, 0.29) is 19.4 Å². The monoisotopic (exact) mass is 249 g/mol. The van der Waals surface area contributed by atoms with Crippen molar-refractivity contribution in [1.29, 1.82) is 0 Å². The Labute approximate surface area is 97.6 Å². The Balaban J connectivity index is 2.43. The van der Waals surface area contributed by atoms with Gasteiger partial charge >= 0.3 is 0 Å². The predicted octanol–water partition coefficient (Wildman–Crippen LogP) is 2.01. The van der Waals surface area contributed by atoms with E-state index in [0.29, 0.717) is 16.4 Å². The van der Waals surface area contributed by atoms with Crippen LogP contribution in [0.1, 0.15) is 24.1 Å². The van der Waals surface area contributed by atoms with Gasteiger partial charge in [-0.25, -0.2) is 8.78 Å². The molecule has 2 rings (SSSR count). The van der Waals surface area contributed by atoms with Gasteiger partial charge in [0.15, 0.2) is 0 Å². The SMILES string of the molecule is Cc1nn(C)c(Cl)c1C1(CN)CC(F)(F)C1. The van der Waals surface area contributed by atoms with Gasteiger partial charge in [0.2, 0.25) is 5.92 Å². The van der Waals surface area contributed by atoms with Crippen molar-refractivity contribution in [2.45, 2.75) is 31.1 Å². The number of aryl methyl sites for hydroxylation is 2. The molecule has 3 nitrogen and oxygen atoms in total. The standard InChI is InChI=1S/C10H14ClF2N3/c1-6-7(8(11)16(2)15-6)9(5-14)3-10(12,13)4-9/h3-5,14H2,1-2H3. The number of halogens is 3. The van der Waals surface area contributed by atoms with Crippen LogP contribution in [0.3, 0.4) is 0 Å². The van der Waals surface area contributed by atoms with E-state index in [0.717, 1.165) is 0 Å². The lowest BCUT2D eigenvalue weighted by Gasteiger charge is -2.46. The lowest BCUT2D eigenvalue weighted by Crippen LogP contribution is -2.54. The first kappa shape index (κ1) is 11.8. The molecule has 0 amide bonds. The Morgan fingerprint density at radius 3 is 2.38 bits per heavy atom. The van der Waals surface area contributed by atoms with Crippen molar-refractivity contribution in [3.8, 4) is 0 Å². The fourth-order valence-electron chi connectivity index (χ4n) is 2.59. The second kappa shape index (κ2) is 3.40. The molecule has 0 aliphatic heterocycles. The van der Waals surface area contributed by atoms with Crippen LogP contribution in [0.4, 0.5) is 8.78 Å². The fraction of sp³-hybridized carbons (Fsp3) is 0.700. The molecule has 0 unspecified atom stereocenters. The molecule has 1 saturated carbocycles. The molecular formula is C10H14ClF2N3. The predicted molar refractivity (Wildman–Crippen MR) is 57.9 cm³/mol. The van der Waals surface area contributed by atoms with Crippen LogP contribution in [-0.2, 0) is 12.5 Å². The summed E-state index contributed by atoms with van der Waals surface area (Å²) in [6.45, 7) is 1.95. The summed E-state index contributed by atoms with van der Waals surface area (Å²) in [6.07, 6.45) is -0.467. The maximum absolute atomic E-state index is 13.1. The summed E-state index contributed by atoms with van der Waals surface area (Å²) in [5.41, 5.74) is 6.32. The summed E-state index contributed by atoms with van der Waals surface area (Å²) in [6, 6.07) is 0. The van der Waals surface area contributed by atoms with Crippen molar-refractivity contribution < 1.29 is 8.78 Å². The van der Waals surface area contributed by atoms with Gasteiger partial charge < -0.3 is 5.73 Å².